The molecule has 1 N–H and O–H groups in total. The van der Waals surface area contributed by atoms with Crippen molar-refractivity contribution in [3.63, 3.8) is 0 Å². The van der Waals surface area contributed by atoms with E-state index in [0.717, 1.165) is 21.5 Å². The van der Waals surface area contributed by atoms with E-state index in [-0.39, 0.29) is 0 Å². The Kier molecular flexibility index (Phi) is 3.02. The first-order valence-electron chi connectivity index (χ1n) is 4.47. The zero-order chi connectivity index (χ0) is 9.97. The van der Waals surface area contributed by atoms with Gasteiger partial charge in [0, 0.05) is 11.8 Å². The van der Waals surface area contributed by atoms with Crippen LogP contribution in [0.25, 0.3) is 0 Å². The average molecular weight is 228 g/mol. The lowest BCUT2D eigenvalue weighted by atomic mass is 10.4. The Bertz CT molecular complexity index is 347. The van der Waals surface area contributed by atoms with Gasteiger partial charge in [0.05, 0.1) is 17.1 Å². The Morgan fingerprint density at radius 3 is 3.07 bits per heavy atom. The highest BCUT2D eigenvalue weighted by Gasteiger charge is 2.15. The van der Waals surface area contributed by atoms with Crippen molar-refractivity contribution in [2.75, 3.05) is 5.75 Å². The fourth-order valence-electron chi connectivity index (χ4n) is 1.13. The van der Waals surface area contributed by atoms with E-state index in [9.17, 15) is 0 Å². The number of aliphatic imine (C=N–C) groups is 1. The zero-order valence-corrected chi connectivity index (χ0v) is 9.78. The monoisotopic (exact) mass is 228 g/mol. The molecule has 2 heterocycles. The zero-order valence-electron chi connectivity index (χ0n) is 8.15. The average Bonchev–Trinajstić information content (AvgIpc) is 2.72. The minimum Gasteiger partial charge on any atom is -0.362 e. The number of nitrogens with zero attached hydrogens (tertiary/aromatic N) is 3. The van der Waals surface area contributed by atoms with Crippen LogP contribution >= 0.6 is 23.3 Å². The summed E-state index contributed by atoms with van der Waals surface area (Å²) >= 11 is 3.21. The SMILES string of the molecule is Cc1nnsc1CN=C1NC(C)CS1. The van der Waals surface area contributed by atoms with Crippen LogP contribution in [0.1, 0.15) is 17.5 Å². The number of rotatable bonds is 2. The molecule has 14 heavy (non-hydrogen) atoms. The van der Waals surface area contributed by atoms with Gasteiger partial charge in [0.15, 0.2) is 5.17 Å². The molecule has 0 aromatic carbocycles. The standard InChI is InChI=1S/C8H12N4S2/c1-5-4-13-8(10-5)9-3-7-6(2)11-12-14-7/h5H,3-4H2,1-2H3,(H,9,10). The first-order valence-corrected chi connectivity index (χ1v) is 6.23. The van der Waals surface area contributed by atoms with Crippen molar-refractivity contribution in [2.45, 2.75) is 26.4 Å². The van der Waals surface area contributed by atoms with Crippen LogP contribution in [0.15, 0.2) is 4.99 Å². The second-order valence-corrected chi connectivity index (χ2v) is 5.11. The van der Waals surface area contributed by atoms with Crippen molar-refractivity contribution in [2.24, 2.45) is 4.99 Å². The van der Waals surface area contributed by atoms with Crippen LogP contribution in [-0.4, -0.2) is 26.5 Å². The van der Waals surface area contributed by atoms with Crippen molar-refractivity contribution < 1.29 is 0 Å². The number of nitrogens with one attached hydrogen (secondary N) is 1. The van der Waals surface area contributed by atoms with Crippen LogP contribution in [0, 0.1) is 6.92 Å². The number of amidine groups is 1. The summed E-state index contributed by atoms with van der Waals surface area (Å²) in [5, 5.41) is 8.31. The summed E-state index contributed by atoms with van der Waals surface area (Å²) in [6.45, 7) is 4.83. The number of aryl methyl sites for hydroxylation is 1. The first kappa shape index (κ1) is 9.92. The predicted octanol–water partition coefficient (Wildman–Crippen LogP) is 1.43. The van der Waals surface area contributed by atoms with E-state index in [1.54, 1.807) is 11.8 Å². The van der Waals surface area contributed by atoms with E-state index in [2.05, 4.69) is 26.8 Å². The summed E-state index contributed by atoms with van der Waals surface area (Å²) in [6, 6.07) is 0.541. The molecule has 0 aliphatic carbocycles. The molecule has 1 unspecified atom stereocenters. The third-order valence-electron chi connectivity index (χ3n) is 1.95. The molecule has 1 aromatic heterocycles. The Balaban J connectivity index is 1.97. The molecule has 0 radical (unpaired) electrons. The Morgan fingerprint density at radius 2 is 2.50 bits per heavy atom. The summed E-state index contributed by atoms with van der Waals surface area (Å²) in [5.74, 6) is 1.11. The molecule has 1 saturated heterocycles. The van der Waals surface area contributed by atoms with Crippen molar-refractivity contribution in [1.82, 2.24) is 14.9 Å². The third kappa shape index (κ3) is 2.24. The molecule has 1 aromatic rings. The molecule has 1 atom stereocenters. The van der Waals surface area contributed by atoms with Crippen LogP contribution in [0.2, 0.25) is 0 Å². The molecule has 0 spiro atoms. The summed E-state index contributed by atoms with van der Waals surface area (Å²) in [6.07, 6.45) is 0. The summed E-state index contributed by atoms with van der Waals surface area (Å²) < 4.78 is 3.88. The maximum absolute atomic E-state index is 4.48. The van der Waals surface area contributed by atoms with Gasteiger partial charge in [0.1, 0.15) is 0 Å². The molecule has 1 aliphatic heterocycles. The lowest BCUT2D eigenvalue weighted by Gasteiger charge is -1.99. The van der Waals surface area contributed by atoms with E-state index >= 15 is 0 Å². The lowest BCUT2D eigenvalue weighted by molar-refractivity contribution is 0.764. The van der Waals surface area contributed by atoms with Gasteiger partial charge in [0.2, 0.25) is 0 Å². The van der Waals surface area contributed by atoms with E-state index in [1.807, 2.05) is 6.92 Å². The van der Waals surface area contributed by atoms with Crippen LogP contribution < -0.4 is 5.32 Å². The molecule has 0 saturated carbocycles. The third-order valence-corrected chi connectivity index (χ3v) is 3.95. The highest BCUT2D eigenvalue weighted by molar-refractivity contribution is 8.14. The molecule has 0 amide bonds. The molecule has 2 rings (SSSR count). The number of hydrogen-bond donors (Lipinski definition) is 1. The van der Waals surface area contributed by atoms with Crippen LogP contribution in [0.3, 0.4) is 0 Å². The topological polar surface area (TPSA) is 50.2 Å². The molecular formula is C8H12N4S2. The maximum atomic E-state index is 4.48. The normalized spacial score (nSPS) is 24.1. The van der Waals surface area contributed by atoms with Crippen LogP contribution in [0.5, 0.6) is 0 Å². The summed E-state index contributed by atoms with van der Waals surface area (Å²) in [4.78, 5) is 5.63. The quantitative estimate of drug-likeness (QED) is 0.832. The molecule has 76 valence electrons. The van der Waals surface area contributed by atoms with Gasteiger partial charge >= 0.3 is 0 Å². The van der Waals surface area contributed by atoms with Crippen molar-refractivity contribution >= 4 is 28.5 Å². The van der Waals surface area contributed by atoms with Gasteiger partial charge in [-0.3, -0.25) is 4.99 Å². The number of hydrogen-bond acceptors (Lipinski definition) is 5. The van der Waals surface area contributed by atoms with Gasteiger partial charge in [-0.15, -0.1) is 5.10 Å². The van der Waals surface area contributed by atoms with Crippen molar-refractivity contribution in [1.29, 1.82) is 0 Å². The first-order chi connectivity index (χ1) is 6.75. The molecule has 4 nitrogen and oxygen atoms in total. The molecule has 0 bridgehead atoms. The van der Waals surface area contributed by atoms with Gasteiger partial charge in [-0.1, -0.05) is 16.3 Å². The van der Waals surface area contributed by atoms with Crippen LogP contribution in [-0.2, 0) is 6.54 Å². The van der Waals surface area contributed by atoms with Crippen molar-refractivity contribution in [3.8, 4) is 0 Å². The predicted molar refractivity (Wildman–Crippen MR) is 60.8 cm³/mol. The van der Waals surface area contributed by atoms with E-state index in [0.29, 0.717) is 12.6 Å². The Labute approximate surface area is 91.4 Å². The highest BCUT2D eigenvalue weighted by atomic mass is 32.2. The fourth-order valence-corrected chi connectivity index (χ4v) is 2.62. The van der Waals surface area contributed by atoms with Crippen LogP contribution in [0.4, 0.5) is 0 Å². The van der Waals surface area contributed by atoms with Crippen molar-refractivity contribution in [3.05, 3.63) is 10.6 Å². The number of aromatic nitrogens is 2. The molecule has 1 fully saturated rings. The van der Waals surface area contributed by atoms with Gasteiger partial charge in [0.25, 0.3) is 0 Å². The second-order valence-electron chi connectivity index (χ2n) is 3.26. The second kappa shape index (κ2) is 4.27. The highest BCUT2D eigenvalue weighted by Crippen LogP contribution is 2.16. The van der Waals surface area contributed by atoms with E-state index < -0.39 is 0 Å². The molecule has 6 heteroatoms. The number of thioether (sulfide) groups is 1. The van der Waals surface area contributed by atoms with Gasteiger partial charge < -0.3 is 5.32 Å². The Morgan fingerprint density at radius 1 is 1.64 bits per heavy atom. The smallest absolute Gasteiger partial charge is 0.157 e. The van der Waals surface area contributed by atoms with Gasteiger partial charge in [-0.2, -0.15) is 0 Å². The molecule has 1 aliphatic rings. The Hall–Kier alpha value is -0.620. The van der Waals surface area contributed by atoms with Gasteiger partial charge in [-0.25, -0.2) is 0 Å². The minimum absolute atomic E-state index is 0.541. The van der Waals surface area contributed by atoms with E-state index in [4.69, 9.17) is 0 Å². The maximum Gasteiger partial charge on any atom is 0.157 e. The summed E-state index contributed by atoms with van der Waals surface area (Å²) in [5.41, 5.74) is 0.996. The minimum atomic E-state index is 0.541. The lowest BCUT2D eigenvalue weighted by Crippen LogP contribution is -2.23. The van der Waals surface area contributed by atoms with E-state index in [1.165, 1.54) is 11.5 Å². The summed E-state index contributed by atoms with van der Waals surface area (Å²) in [7, 11) is 0. The van der Waals surface area contributed by atoms with Gasteiger partial charge in [-0.05, 0) is 25.4 Å². The largest absolute Gasteiger partial charge is 0.362 e. The molecular weight excluding hydrogens is 216 g/mol. The fraction of sp³-hybridized carbons (Fsp3) is 0.625.